The van der Waals surface area contributed by atoms with Crippen LogP contribution >= 0.6 is 12.4 Å². The molecule has 0 bridgehead atoms. The molecular formula is C14H20ClN3O2. The first-order valence-electron chi connectivity index (χ1n) is 6.51. The highest BCUT2D eigenvalue weighted by Gasteiger charge is 2.22. The third-order valence-corrected chi connectivity index (χ3v) is 3.24. The van der Waals surface area contributed by atoms with E-state index < -0.39 is 6.04 Å². The van der Waals surface area contributed by atoms with Crippen molar-refractivity contribution in [2.45, 2.75) is 25.8 Å². The van der Waals surface area contributed by atoms with Gasteiger partial charge in [0.25, 0.3) is 0 Å². The molecule has 1 aliphatic heterocycles. The van der Waals surface area contributed by atoms with Gasteiger partial charge >= 0.3 is 0 Å². The maximum absolute atomic E-state index is 12.2. The number of amides is 2. The second-order valence-electron chi connectivity index (χ2n) is 4.78. The Hall–Kier alpha value is -1.59. The molecule has 20 heavy (non-hydrogen) atoms. The zero-order chi connectivity index (χ0) is 13.8. The number of nitrogens with one attached hydrogen (secondary N) is 1. The second kappa shape index (κ2) is 7.26. The van der Waals surface area contributed by atoms with Gasteiger partial charge in [-0.2, -0.15) is 0 Å². The number of anilines is 1. The van der Waals surface area contributed by atoms with Crippen molar-refractivity contribution >= 4 is 29.9 Å². The predicted octanol–water partition coefficient (Wildman–Crippen LogP) is 0.851. The van der Waals surface area contributed by atoms with E-state index in [1.54, 1.807) is 11.8 Å². The molecule has 2 rings (SSSR count). The van der Waals surface area contributed by atoms with Crippen LogP contribution in [0.3, 0.4) is 0 Å². The lowest BCUT2D eigenvalue weighted by Gasteiger charge is -2.29. The molecule has 1 atom stereocenters. The Bertz CT molecular complexity index is 491. The Balaban J connectivity index is 0.00000200. The van der Waals surface area contributed by atoms with E-state index in [0.29, 0.717) is 6.54 Å². The molecule has 110 valence electrons. The van der Waals surface area contributed by atoms with Gasteiger partial charge in [-0.15, -0.1) is 12.4 Å². The summed E-state index contributed by atoms with van der Waals surface area (Å²) in [5, 5.41) is 2.55. The number of hydrogen-bond donors (Lipinski definition) is 2. The number of nitrogens with zero attached hydrogens (tertiary/aromatic N) is 1. The van der Waals surface area contributed by atoms with Crippen LogP contribution in [0.15, 0.2) is 24.3 Å². The number of fused-ring (bicyclic) bond motifs is 1. The molecule has 0 spiro atoms. The molecule has 6 heteroatoms. The highest BCUT2D eigenvalue weighted by Crippen LogP contribution is 2.26. The summed E-state index contributed by atoms with van der Waals surface area (Å²) in [4.78, 5) is 25.3. The zero-order valence-corrected chi connectivity index (χ0v) is 12.3. The van der Waals surface area contributed by atoms with E-state index in [1.807, 2.05) is 24.3 Å². The van der Waals surface area contributed by atoms with E-state index in [-0.39, 0.29) is 30.8 Å². The highest BCUT2D eigenvalue weighted by molar-refractivity contribution is 5.98. The lowest BCUT2D eigenvalue weighted by molar-refractivity contribution is -0.125. The maximum Gasteiger partial charge on any atom is 0.246 e. The van der Waals surface area contributed by atoms with E-state index >= 15 is 0 Å². The van der Waals surface area contributed by atoms with Crippen molar-refractivity contribution in [3.05, 3.63) is 29.8 Å². The summed E-state index contributed by atoms with van der Waals surface area (Å²) in [7, 11) is 0. The lowest BCUT2D eigenvalue weighted by atomic mass is 10.0. The molecule has 1 aliphatic rings. The number of aryl methyl sites for hydroxylation is 1. The highest BCUT2D eigenvalue weighted by atomic mass is 35.5. The first-order chi connectivity index (χ1) is 9.09. The summed E-state index contributed by atoms with van der Waals surface area (Å²) in [6.45, 7) is 2.29. The third-order valence-electron chi connectivity index (χ3n) is 3.24. The van der Waals surface area contributed by atoms with Gasteiger partial charge < -0.3 is 16.0 Å². The molecule has 0 saturated carbocycles. The van der Waals surface area contributed by atoms with Gasteiger partial charge in [-0.25, -0.2) is 0 Å². The van der Waals surface area contributed by atoms with Gasteiger partial charge in [-0.05, 0) is 31.4 Å². The summed E-state index contributed by atoms with van der Waals surface area (Å²) in [5.41, 5.74) is 7.57. The van der Waals surface area contributed by atoms with Crippen LogP contribution in [0.2, 0.25) is 0 Å². The number of rotatable bonds is 3. The van der Waals surface area contributed by atoms with Crippen molar-refractivity contribution in [3.63, 3.8) is 0 Å². The molecule has 1 unspecified atom stereocenters. The van der Waals surface area contributed by atoms with Gasteiger partial charge in [0.2, 0.25) is 11.8 Å². The minimum Gasteiger partial charge on any atom is -0.346 e. The molecule has 0 radical (unpaired) electrons. The van der Waals surface area contributed by atoms with Crippen molar-refractivity contribution in [2.75, 3.05) is 18.0 Å². The smallest absolute Gasteiger partial charge is 0.246 e. The first kappa shape index (κ1) is 16.5. The van der Waals surface area contributed by atoms with Crippen LogP contribution in [0, 0.1) is 0 Å². The number of halogens is 1. The quantitative estimate of drug-likeness (QED) is 0.868. The van der Waals surface area contributed by atoms with Gasteiger partial charge in [0.1, 0.15) is 0 Å². The average Bonchev–Trinajstić information content (AvgIpc) is 2.43. The largest absolute Gasteiger partial charge is 0.346 e. The van der Waals surface area contributed by atoms with Crippen LogP contribution in [0.5, 0.6) is 0 Å². The second-order valence-corrected chi connectivity index (χ2v) is 4.78. The van der Waals surface area contributed by atoms with Gasteiger partial charge in [-0.1, -0.05) is 18.2 Å². The van der Waals surface area contributed by atoms with Crippen LogP contribution in [-0.2, 0) is 16.0 Å². The molecule has 3 N–H and O–H groups in total. The van der Waals surface area contributed by atoms with Gasteiger partial charge in [0, 0.05) is 12.2 Å². The van der Waals surface area contributed by atoms with Crippen molar-refractivity contribution < 1.29 is 9.59 Å². The fourth-order valence-corrected chi connectivity index (χ4v) is 2.21. The van der Waals surface area contributed by atoms with Crippen LogP contribution < -0.4 is 16.0 Å². The number of benzene rings is 1. The topological polar surface area (TPSA) is 75.4 Å². The van der Waals surface area contributed by atoms with Crippen LogP contribution in [0.4, 0.5) is 5.69 Å². The molecule has 0 aliphatic carbocycles. The van der Waals surface area contributed by atoms with Crippen molar-refractivity contribution in [1.82, 2.24) is 5.32 Å². The summed E-state index contributed by atoms with van der Waals surface area (Å²) < 4.78 is 0. The molecule has 1 aromatic carbocycles. The predicted molar refractivity (Wildman–Crippen MR) is 81.0 cm³/mol. The Kier molecular flexibility index (Phi) is 5.98. The Morgan fingerprint density at radius 3 is 2.80 bits per heavy atom. The Morgan fingerprint density at radius 2 is 2.10 bits per heavy atom. The van der Waals surface area contributed by atoms with E-state index in [0.717, 1.165) is 18.5 Å². The normalized spacial score (nSPS) is 14.8. The fraction of sp³-hybridized carbons (Fsp3) is 0.429. The molecular weight excluding hydrogens is 278 g/mol. The van der Waals surface area contributed by atoms with Crippen LogP contribution in [0.25, 0.3) is 0 Å². The zero-order valence-electron chi connectivity index (χ0n) is 11.5. The average molecular weight is 298 g/mol. The molecule has 0 aromatic heterocycles. The number of carbonyl (C=O) groups excluding carboxylic acids is 2. The van der Waals surface area contributed by atoms with Crippen molar-refractivity contribution in [3.8, 4) is 0 Å². The summed E-state index contributed by atoms with van der Waals surface area (Å²) >= 11 is 0. The minimum absolute atomic E-state index is 0. The minimum atomic E-state index is -0.596. The van der Waals surface area contributed by atoms with Gasteiger partial charge in [0.15, 0.2) is 0 Å². The number of carbonyl (C=O) groups is 2. The monoisotopic (exact) mass is 297 g/mol. The van der Waals surface area contributed by atoms with Crippen LogP contribution in [-0.4, -0.2) is 30.9 Å². The first-order valence-corrected chi connectivity index (χ1v) is 6.51. The van der Waals surface area contributed by atoms with E-state index in [4.69, 9.17) is 5.73 Å². The van der Waals surface area contributed by atoms with E-state index in [9.17, 15) is 9.59 Å². The number of nitrogens with two attached hydrogens (primary N) is 1. The van der Waals surface area contributed by atoms with Crippen molar-refractivity contribution in [1.29, 1.82) is 0 Å². The molecule has 0 fully saturated rings. The molecule has 0 saturated heterocycles. The lowest BCUT2D eigenvalue weighted by Crippen LogP contribution is -2.46. The fourth-order valence-electron chi connectivity index (χ4n) is 2.21. The third kappa shape index (κ3) is 3.71. The summed E-state index contributed by atoms with van der Waals surface area (Å²) in [6.07, 6.45) is 1.94. The Labute approximate surface area is 124 Å². The van der Waals surface area contributed by atoms with Crippen LogP contribution in [0.1, 0.15) is 18.9 Å². The maximum atomic E-state index is 12.2. The molecule has 5 nitrogen and oxygen atoms in total. The molecule has 2 amide bonds. The number of hydrogen-bond acceptors (Lipinski definition) is 3. The molecule has 1 aromatic rings. The summed E-state index contributed by atoms with van der Waals surface area (Å²) in [6, 6.07) is 7.28. The number of para-hydroxylation sites is 1. The Morgan fingerprint density at radius 1 is 1.40 bits per heavy atom. The summed E-state index contributed by atoms with van der Waals surface area (Å²) in [5.74, 6) is -0.403. The van der Waals surface area contributed by atoms with Gasteiger partial charge in [0.05, 0.1) is 12.6 Å². The van der Waals surface area contributed by atoms with Gasteiger partial charge in [-0.3, -0.25) is 9.59 Å². The van der Waals surface area contributed by atoms with Crippen molar-refractivity contribution in [2.24, 2.45) is 5.73 Å². The van der Waals surface area contributed by atoms with E-state index in [1.165, 1.54) is 5.56 Å². The van der Waals surface area contributed by atoms with E-state index in [2.05, 4.69) is 5.32 Å². The SMILES string of the molecule is CC(N)C(=O)NCC(=O)N1CCCc2ccccc21.Cl. The molecule has 1 heterocycles. The standard InChI is InChI=1S/C14H19N3O2.ClH/c1-10(15)14(19)16-9-13(18)17-8-4-6-11-5-2-3-7-12(11)17;/h2-3,5,7,10H,4,6,8-9,15H2,1H3,(H,16,19);1H.